The number of rotatable bonds is 4. The fourth-order valence-electron chi connectivity index (χ4n) is 2.59. The summed E-state index contributed by atoms with van der Waals surface area (Å²) in [6.07, 6.45) is 3.03. The highest BCUT2D eigenvalue weighted by atomic mass is 16.2. The van der Waals surface area contributed by atoms with Crippen molar-refractivity contribution in [1.82, 2.24) is 25.0 Å². The Hall–Kier alpha value is -3.94. The molecule has 0 radical (unpaired) electrons. The number of anilines is 1. The number of nitrogens with zero attached hydrogens (tertiary/aromatic N) is 5. The Morgan fingerprint density at radius 1 is 0.963 bits per heavy atom. The quantitative estimate of drug-likeness (QED) is 0.598. The lowest BCUT2D eigenvalue weighted by molar-refractivity contribution is -0.117. The smallest absolute Gasteiger partial charge is 0.278 e. The minimum Gasteiger partial charge on any atom is -0.322 e. The van der Waals surface area contributed by atoms with Crippen LogP contribution in [0.1, 0.15) is 0 Å². The zero-order valence-corrected chi connectivity index (χ0v) is 14.1. The van der Waals surface area contributed by atoms with Gasteiger partial charge in [-0.3, -0.25) is 9.59 Å². The summed E-state index contributed by atoms with van der Waals surface area (Å²) in [6, 6.07) is 16.4. The molecule has 1 amide bonds. The van der Waals surface area contributed by atoms with Gasteiger partial charge in [-0.2, -0.15) is 0 Å². The summed E-state index contributed by atoms with van der Waals surface area (Å²) >= 11 is 0. The molecule has 8 nitrogen and oxygen atoms in total. The zero-order valence-electron chi connectivity index (χ0n) is 14.1. The standard InChI is InChI=1S/C19H14N6O2/c26-17(12-25-19(27)15-8-4-5-9-16(15)23-24-25)22-14-10-20-18(21-11-14)13-6-2-1-3-7-13/h1-11H,12H2,(H,22,26). The lowest BCUT2D eigenvalue weighted by Gasteiger charge is -2.07. The molecule has 0 atom stereocenters. The van der Waals surface area contributed by atoms with E-state index in [1.807, 2.05) is 30.3 Å². The van der Waals surface area contributed by atoms with Crippen LogP contribution in [0.5, 0.6) is 0 Å². The molecular formula is C19H14N6O2. The number of carbonyl (C=O) groups is 1. The van der Waals surface area contributed by atoms with E-state index in [-0.39, 0.29) is 12.1 Å². The largest absolute Gasteiger partial charge is 0.322 e. The molecule has 8 heteroatoms. The Labute approximate surface area is 153 Å². The van der Waals surface area contributed by atoms with Gasteiger partial charge < -0.3 is 5.32 Å². The summed E-state index contributed by atoms with van der Waals surface area (Å²) in [7, 11) is 0. The zero-order chi connectivity index (χ0) is 18.6. The van der Waals surface area contributed by atoms with Gasteiger partial charge in [-0.05, 0) is 12.1 Å². The third-order valence-electron chi connectivity index (χ3n) is 3.89. The van der Waals surface area contributed by atoms with Crippen molar-refractivity contribution in [2.24, 2.45) is 0 Å². The maximum absolute atomic E-state index is 12.4. The normalized spacial score (nSPS) is 10.7. The van der Waals surface area contributed by atoms with Crippen LogP contribution in [0.4, 0.5) is 5.69 Å². The molecule has 2 aromatic heterocycles. The van der Waals surface area contributed by atoms with Crippen LogP contribution >= 0.6 is 0 Å². The van der Waals surface area contributed by atoms with E-state index in [9.17, 15) is 9.59 Å². The molecule has 4 rings (SSSR count). The lowest BCUT2D eigenvalue weighted by Crippen LogP contribution is -2.30. The highest BCUT2D eigenvalue weighted by Gasteiger charge is 2.10. The summed E-state index contributed by atoms with van der Waals surface area (Å²) in [5.41, 5.74) is 1.44. The van der Waals surface area contributed by atoms with Crippen molar-refractivity contribution in [2.45, 2.75) is 6.54 Å². The monoisotopic (exact) mass is 358 g/mol. The predicted octanol–water partition coefficient (Wildman–Crippen LogP) is 1.89. The van der Waals surface area contributed by atoms with E-state index in [2.05, 4.69) is 25.6 Å². The fourth-order valence-corrected chi connectivity index (χ4v) is 2.59. The number of fused-ring (bicyclic) bond motifs is 1. The van der Waals surface area contributed by atoms with Gasteiger partial charge in [0.05, 0.1) is 23.5 Å². The predicted molar refractivity (Wildman–Crippen MR) is 99.9 cm³/mol. The summed E-state index contributed by atoms with van der Waals surface area (Å²) in [6.45, 7) is -0.253. The van der Waals surface area contributed by atoms with Crippen molar-refractivity contribution in [3.8, 4) is 11.4 Å². The molecule has 0 bridgehead atoms. The van der Waals surface area contributed by atoms with E-state index in [0.717, 1.165) is 10.2 Å². The van der Waals surface area contributed by atoms with E-state index in [1.54, 1.807) is 24.3 Å². The van der Waals surface area contributed by atoms with Crippen LogP contribution in [0, 0.1) is 0 Å². The van der Waals surface area contributed by atoms with Crippen LogP contribution in [-0.2, 0) is 11.3 Å². The molecule has 2 aromatic carbocycles. The molecule has 4 aromatic rings. The van der Waals surface area contributed by atoms with Gasteiger partial charge in [-0.25, -0.2) is 14.6 Å². The van der Waals surface area contributed by atoms with Crippen LogP contribution in [-0.4, -0.2) is 30.9 Å². The van der Waals surface area contributed by atoms with Crippen molar-refractivity contribution in [3.63, 3.8) is 0 Å². The number of hydrogen-bond donors (Lipinski definition) is 1. The van der Waals surface area contributed by atoms with Crippen LogP contribution in [0.15, 0.2) is 71.8 Å². The van der Waals surface area contributed by atoms with Gasteiger partial charge in [0.1, 0.15) is 12.1 Å². The average Bonchev–Trinajstić information content (AvgIpc) is 2.71. The first-order valence-corrected chi connectivity index (χ1v) is 8.20. The fraction of sp³-hybridized carbons (Fsp3) is 0.0526. The van der Waals surface area contributed by atoms with Gasteiger partial charge in [0, 0.05) is 5.56 Å². The molecule has 2 heterocycles. The average molecular weight is 358 g/mol. The van der Waals surface area contributed by atoms with E-state index in [0.29, 0.717) is 22.4 Å². The van der Waals surface area contributed by atoms with E-state index in [4.69, 9.17) is 0 Å². The summed E-state index contributed by atoms with van der Waals surface area (Å²) < 4.78 is 1.02. The van der Waals surface area contributed by atoms with Crippen molar-refractivity contribution in [3.05, 3.63) is 77.3 Å². The summed E-state index contributed by atoms with van der Waals surface area (Å²) in [5, 5.41) is 10.8. The number of aromatic nitrogens is 5. The summed E-state index contributed by atoms with van der Waals surface area (Å²) in [4.78, 5) is 33.1. The molecule has 0 aliphatic carbocycles. The Balaban J connectivity index is 1.48. The van der Waals surface area contributed by atoms with Gasteiger partial charge in [0.25, 0.3) is 5.56 Å². The number of nitrogens with one attached hydrogen (secondary N) is 1. The first kappa shape index (κ1) is 16.5. The Bertz CT molecular complexity index is 1160. The maximum atomic E-state index is 12.4. The molecular weight excluding hydrogens is 344 g/mol. The molecule has 0 aliphatic rings. The first-order chi connectivity index (χ1) is 13.2. The second kappa shape index (κ2) is 7.12. The van der Waals surface area contributed by atoms with E-state index < -0.39 is 5.91 Å². The molecule has 0 aliphatic heterocycles. The minimum absolute atomic E-state index is 0.253. The first-order valence-electron chi connectivity index (χ1n) is 8.20. The SMILES string of the molecule is O=C(Cn1nnc2ccccc2c1=O)Nc1cnc(-c2ccccc2)nc1. The Morgan fingerprint density at radius 2 is 1.67 bits per heavy atom. The number of hydrogen-bond acceptors (Lipinski definition) is 6. The lowest BCUT2D eigenvalue weighted by atomic mass is 10.2. The molecule has 132 valence electrons. The minimum atomic E-state index is -0.419. The third kappa shape index (κ3) is 3.54. The van der Waals surface area contributed by atoms with Crippen LogP contribution in [0.3, 0.4) is 0 Å². The van der Waals surface area contributed by atoms with Gasteiger partial charge in [0.15, 0.2) is 5.82 Å². The van der Waals surface area contributed by atoms with E-state index >= 15 is 0 Å². The molecule has 1 N–H and O–H groups in total. The molecule has 0 unspecified atom stereocenters. The van der Waals surface area contributed by atoms with Crippen molar-refractivity contribution >= 4 is 22.5 Å². The van der Waals surface area contributed by atoms with Gasteiger partial charge in [-0.15, -0.1) is 5.10 Å². The van der Waals surface area contributed by atoms with Crippen molar-refractivity contribution in [2.75, 3.05) is 5.32 Å². The number of amides is 1. The van der Waals surface area contributed by atoms with Crippen LogP contribution < -0.4 is 10.9 Å². The highest BCUT2D eigenvalue weighted by Crippen LogP contribution is 2.14. The van der Waals surface area contributed by atoms with Crippen molar-refractivity contribution in [1.29, 1.82) is 0 Å². The Kier molecular flexibility index (Phi) is 4.36. The number of carbonyl (C=O) groups excluding carboxylic acids is 1. The molecule has 0 saturated heterocycles. The maximum Gasteiger partial charge on any atom is 0.278 e. The van der Waals surface area contributed by atoms with Crippen LogP contribution in [0.25, 0.3) is 22.3 Å². The topological polar surface area (TPSA) is 103 Å². The molecule has 0 saturated carbocycles. The van der Waals surface area contributed by atoms with Gasteiger partial charge in [0.2, 0.25) is 5.91 Å². The third-order valence-corrected chi connectivity index (χ3v) is 3.89. The Morgan fingerprint density at radius 3 is 2.44 bits per heavy atom. The molecule has 27 heavy (non-hydrogen) atoms. The van der Waals surface area contributed by atoms with Crippen molar-refractivity contribution < 1.29 is 4.79 Å². The number of benzene rings is 2. The highest BCUT2D eigenvalue weighted by molar-refractivity contribution is 5.90. The molecule has 0 fully saturated rings. The summed E-state index contributed by atoms with van der Waals surface area (Å²) in [5.74, 6) is 0.142. The van der Waals surface area contributed by atoms with Crippen LogP contribution in [0.2, 0.25) is 0 Å². The van der Waals surface area contributed by atoms with E-state index in [1.165, 1.54) is 12.4 Å². The second-order valence-corrected chi connectivity index (χ2v) is 5.78. The van der Waals surface area contributed by atoms with Gasteiger partial charge >= 0.3 is 0 Å². The van der Waals surface area contributed by atoms with Gasteiger partial charge in [-0.1, -0.05) is 47.7 Å². The molecule has 0 spiro atoms. The second-order valence-electron chi connectivity index (χ2n) is 5.78.